The fraction of sp³-hybridized carbons (Fsp3) is 0.192. The number of aromatic hydroxyl groups is 1. The van der Waals surface area contributed by atoms with Gasteiger partial charge in [-0.25, -0.2) is 0 Å². The lowest BCUT2D eigenvalue weighted by atomic mass is 9.89. The third-order valence-electron chi connectivity index (χ3n) is 6.53. The fourth-order valence-corrected chi connectivity index (χ4v) is 4.67. The fourth-order valence-electron chi connectivity index (χ4n) is 4.67. The lowest BCUT2D eigenvalue weighted by Gasteiger charge is -2.31. The van der Waals surface area contributed by atoms with Crippen molar-refractivity contribution >= 4 is 34.2 Å². The van der Waals surface area contributed by atoms with Crippen molar-refractivity contribution in [1.82, 2.24) is 4.90 Å². The Morgan fingerprint density at radius 2 is 1.66 bits per heavy atom. The van der Waals surface area contributed by atoms with E-state index in [1.165, 1.54) is 30.3 Å². The summed E-state index contributed by atoms with van der Waals surface area (Å²) in [6.07, 6.45) is 0.727. The van der Waals surface area contributed by atoms with Gasteiger partial charge in [0, 0.05) is 47.3 Å². The van der Waals surface area contributed by atoms with Crippen molar-refractivity contribution in [2.24, 2.45) is 5.92 Å². The number of anilines is 2. The molecule has 0 radical (unpaired) electrons. The summed E-state index contributed by atoms with van der Waals surface area (Å²) in [4.78, 5) is 38.7. The number of hydrogen-bond donors (Lipinski definition) is 4. The highest BCUT2D eigenvalue weighted by atomic mass is 16.4. The number of carbonyl (C=O) groups is 2. The quantitative estimate of drug-likeness (QED) is 0.260. The summed E-state index contributed by atoms with van der Waals surface area (Å²) in [5, 5.41) is 19.9. The molecule has 2 aromatic carbocycles. The van der Waals surface area contributed by atoms with E-state index in [-0.39, 0.29) is 28.5 Å². The van der Waals surface area contributed by atoms with Gasteiger partial charge < -0.3 is 31.0 Å². The van der Waals surface area contributed by atoms with Crippen LogP contribution >= 0.6 is 0 Å². The molecular formula is C26H23N3O6. The van der Waals surface area contributed by atoms with Crippen molar-refractivity contribution in [2.45, 2.75) is 12.8 Å². The molecule has 0 aromatic heterocycles. The zero-order valence-corrected chi connectivity index (χ0v) is 18.7. The van der Waals surface area contributed by atoms with Gasteiger partial charge in [0.15, 0.2) is 5.43 Å². The average molecular weight is 473 g/mol. The smallest absolute Gasteiger partial charge is 0.306 e. The summed E-state index contributed by atoms with van der Waals surface area (Å²) in [5.74, 6) is -1.35. The molecule has 0 atom stereocenters. The summed E-state index contributed by atoms with van der Waals surface area (Å²) in [7, 11) is 0. The molecule has 2 aromatic rings. The number of nitrogens with two attached hydrogens (primary N) is 2. The summed E-state index contributed by atoms with van der Waals surface area (Å²) >= 11 is 0. The topological polar surface area (TPSA) is 160 Å². The molecule has 2 aliphatic heterocycles. The first-order chi connectivity index (χ1) is 16.7. The summed E-state index contributed by atoms with van der Waals surface area (Å²) in [6, 6.07) is 12.2. The molecule has 9 heteroatoms. The Kier molecular flexibility index (Phi) is 5.32. The van der Waals surface area contributed by atoms with Gasteiger partial charge in [0.2, 0.25) is 0 Å². The molecule has 1 fully saturated rings. The van der Waals surface area contributed by atoms with E-state index < -0.39 is 11.9 Å². The van der Waals surface area contributed by atoms with Crippen LogP contribution in [0.1, 0.15) is 23.2 Å². The molecular weight excluding hydrogens is 450 g/mol. The van der Waals surface area contributed by atoms with Crippen LogP contribution in [0.4, 0.5) is 11.4 Å². The number of nitrogens with zero attached hydrogens (tertiary/aromatic N) is 1. The summed E-state index contributed by atoms with van der Waals surface area (Å²) < 4.78 is 5.91. The van der Waals surface area contributed by atoms with E-state index in [4.69, 9.17) is 15.9 Å². The molecule has 1 aliphatic carbocycles. The number of piperidine rings is 1. The Balaban J connectivity index is 1.73. The van der Waals surface area contributed by atoms with Gasteiger partial charge in [0.25, 0.3) is 5.91 Å². The van der Waals surface area contributed by atoms with Crippen molar-refractivity contribution < 1.29 is 24.2 Å². The van der Waals surface area contributed by atoms with Gasteiger partial charge in [-0.05, 0) is 54.8 Å². The minimum absolute atomic E-state index is 0.0146. The largest absolute Gasteiger partial charge is 0.508 e. The molecule has 1 amide bonds. The number of phenols is 1. The van der Waals surface area contributed by atoms with E-state index in [9.17, 15) is 24.6 Å². The van der Waals surface area contributed by atoms with Crippen LogP contribution < -0.4 is 16.9 Å². The predicted octanol–water partition coefficient (Wildman–Crippen LogP) is 3.37. The number of carbonyl (C=O) groups excluding carboxylic acids is 1. The molecule has 0 spiro atoms. The molecule has 1 saturated heterocycles. The molecule has 6 N–H and O–H groups in total. The molecule has 3 aliphatic rings. The number of phenolic OH excluding ortho intramolecular Hbond substituents is 1. The number of amides is 1. The molecule has 2 heterocycles. The molecule has 0 unspecified atom stereocenters. The highest BCUT2D eigenvalue weighted by Gasteiger charge is 2.30. The number of likely N-dealkylation sites (tertiary alicyclic amines) is 1. The molecule has 9 nitrogen and oxygen atoms in total. The van der Waals surface area contributed by atoms with Crippen LogP contribution in [0.3, 0.4) is 0 Å². The molecule has 5 rings (SSSR count). The van der Waals surface area contributed by atoms with E-state index in [0.717, 1.165) is 0 Å². The van der Waals surface area contributed by atoms with Crippen molar-refractivity contribution in [1.29, 1.82) is 0 Å². The lowest BCUT2D eigenvalue weighted by Crippen LogP contribution is -2.40. The molecule has 0 bridgehead atoms. The predicted molar refractivity (Wildman–Crippen MR) is 131 cm³/mol. The van der Waals surface area contributed by atoms with Crippen LogP contribution in [0.5, 0.6) is 5.75 Å². The number of aliphatic carboxylic acids is 1. The van der Waals surface area contributed by atoms with Crippen LogP contribution in [-0.4, -0.2) is 40.1 Å². The number of hydrogen-bond acceptors (Lipinski definition) is 7. The maximum atomic E-state index is 13.7. The standard InChI is InChI=1S/C26H23N3O6/c27-20-11-18(19(12-21(20)28)25(32)29-7-5-13(6-8-29)26(33)34)24-16-3-1-14(30)9-22(16)35-23-10-15(31)2-4-17(23)24/h1-4,9-13,30H,5-8,27-28H2,(H,33,34). The monoisotopic (exact) mass is 473 g/mol. The number of fused-ring (bicyclic) bond motifs is 2. The Labute approximate surface area is 199 Å². The summed E-state index contributed by atoms with van der Waals surface area (Å²) in [5.41, 5.74) is 14.9. The van der Waals surface area contributed by atoms with Crippen LogP contribution in [0.25, 0.3) is 33.4 Å². The van der Waals surface area contributed by atoms with Gasteiger partial charge in [-0.1, -0.05) is 0 Å². The first-order valence-corrected chi connectivity index (χ1v) is 11.1. The molecule has 178 valence electrons. The Bertz CT molecular complexity index is 1520. The summed E-state index contributed by atoms with van der Waals surface area (Å²) in [6.45, 7) is 0.608. The first kappa shape index (κ1) is 22.3. The van der Waals surface area contributed by atoms with E-state index in [2.05, 4.69) is 0 Å². The zero-order chi connectivity index (χ0) is 24.9. The Hall–Kier alpha value is -4.53. The minimum Gasteiger partial charge on any atom is -0.508 e. The minimum atomic E-state index is -0.860. The van der Waals surface area contributed by atoms with Gasteiger partial charge in [0.05, 0.1) is 17.3 Å². The second kappa shape index (κ2) is 8.35. The SMILES string of the molecule is Nc1cc(C(=O)N2CCC(C(=O)O)CC2)c(-c2c3ccc(=O)cc-3oc3cc(O)ccc23)cc1N. The number of nitrogen functional groups attached to an aromatic ring is 2. The maximum absolute atomic E-state index is 13.7. The van der Waals surface area contributed by atoms with Crippen molar-refractivity contribution in [3.63, 3.8) is 0 Å². The van der Waals surface area contributed by atoms with Gasteiger partial charge >= 0.3 is 5.97 Å². The molecule has 0 saturated carbocycles. The molecule has 35 heavy (non-hydrogen) atoms. The second-order valence-corrected chi connectivity index (χ2v) is 8.75. The average Bonchev–Trinajstić information content (AvgIpc) is 2.83. The van der Waals surface area contributed by atoms with Crippen LogP contribution in [0.15, 0.2) is 57.7 Å². The van der Waals surface area contributed by atoms with E-state index >= 15 is 0 Å². The van der Waals surface area contributed by atoms with E-state index in [0.29, 0.717) is 64.9 Å². The van der Waals surface area contributed by atoms with Crippen molar-refractivity contribution in [3.8, 4) is 28.2 Å². The van der Waals surface area contributed by atoms with Crippen molar-refractivity contribution in [2.75, 3.05) is 24.6 Å². The van der Waals surface area contributed by atoms with E-state index in [1.54, 1.807) is 23.1 Å². The Morgan fingerprint density at radius 1 is 0.943 bits per heavy atom. The van der Waals surface area contributed by atoms with Gasteiger partial charge in [-0.2, -0.15) is 0 Å². The number of rotatable bonds is 3. The van der Waals surface area contributed by atoms with Crippen LogP contribution in [0, 0.1) is 5.92 Å². The third kappa shape index (κ3) is 3.90. The number of carboxylic acids is 1. The van der Waals surface area contributed by atoms with Crippen molar-refractivity contribution in [3.05, 3.63) is 64.3 Å². The third-order valence-corrected chi connectivity index (χ3v) is 6.53. The van der Waals surface area contributed by atoms with Crippen LogP contribution in [-0.2, 0) is 4.79 Å². The van der Waals surface area contributed by atoms with Crippen LogP contribution in [0.2, 0.25) is 0 Å². The van der Waals surface area contributed by atoms with Gasteiger partial charge in [-0.15, -0.1) is 0 Å². The second-order valence-electron chi connectivity index (χ2n) is 8.75. The van der Waals surface area contributed by atoms with Gasteiger partial charge in [-0.3, -0.25) is 14.4 Å². The normalized spacial score (nSPS) is 14.5. The lowest BCUT2D eigenvalue weighted by molar-refractivity contribution is -0.143. The highest BCUT2D eigenvalue weighted by molar-refractivity contribution is 6.10. The first-order valence-electron chi connectivity index (χ1n) is 11.1. The maximum Gasteiger partial charge on any atom is 0.306 e. The van der Waals surface area contributed by atoms with E-state index in [1.807, 2.05) is 0 Å². The number of benzene rings is 3. The number of carboxylic acid groups (broad SMARTS) is 1. The Morgan fingerprint density at radius 3 is 2.37 bits per heavy atom. The van der Waals surface area contributed by atoms with Gasteiger partial charge in [0.1, 0.15) is 17.1 Å². The highest BCUT2D eigenvalue weighted by Crippen LogP contribution is 2.43. The zero-order valence-electron chi connectivity index (χ0n) is 18.7.